The molecule has 1 rings (SSSR count). The molecule has 0 radical (unpaired) electrons. The second kappa shape index (κ2) is 14.8. The van der Waals surface area contributed by atoms with Crippen LogP contribution in [-0.2, 0) is 23.9 Å². The van der Waals surface area contributed by atoms with E-state index in [1.54, 1.807) is 52.0 Å². The van der Waals surface area contributed by atoms with Gasteiger partial charge in [0, 0.05) is 24.4 Å². The van der Waals surface area contributed by atoms with E-state index < -0.39 is 41.6 Å². The van der Waals surface area contributed by atoms with E-state index in [1.165, 1.54) is 11.0 Å². The van der Waals surface area contributed by atoms with E-state index in [0.717, 1.165) is 0 Å². The third kappa shape index (κ3) is 10.0. The van der Waals surface area contributed by atoms with Gasteiger partial charge in [-0.15, -0.1) is 13.0 Å². The number of hydrogen-bond donors (Lipinski definition) is 3. The number of benzene rings is 1. The van der Waals surface area contributed by atoms with Gasteiger partial charge in [0.2, 0.25) is 11.8 Å². The van der Waals surface area contributed by atoms with Crippen LogP contribution in [0.2, 0.25) is 0 Å². The molecule has 2 unspecified atom stereocenters. The first-order chi connectivity index (χ1) is 17.0. The number of nitrogens with zero attached hydrogens (tertiary/aromatic N) is 1. The predicted molar refractivity (Wildman–Crippen MR) is 140 cm³/mol. The van der Waals surface area contributed by atoms with Crippen LogP contribution in [-0.4, -0.2) is 65.9 Å². The van der Waals surface area contributed by atoms with Gasteiger partial charge >= 0.3 is 12.1 Å². The van der Waals surface area contributed by atoms with Gasteiger partial charge in [-0.2, -0.15) is 12.6 Å². The molecular formula is C26H35N3O6S. The summed E-state index contributed by atoms with van der Waals surface area (Å²) in [6.45, 7) is 10.7. The topological polar surface area (TPSA) is 114 Å². The number of terminal acetylenes is 1. The molecule has 3 amide bonds. The Hall–Kier alpha value is -3.45. The number of hydrogen-bond acceptors (Lipinski definition) is 7. The molecule has 0 saturated heterocycles. The third-order valence-corrected chi connectivity index (χ3v) is 5.03. The molecule has 0 fully saturated rings. The molecule has 9 nitrogen and oxygen atoms in total. The lowest BCUT2D eigenvalue weighted by molar-refractivity contribution is -0.144. The van der Waals surface area contributed by atoms with Gasteiger partial charge in [-0.05, 0) is 45.4 Å². The SMILES string of the molecule is C#Cc1ccc(C(C(=O)NCCC(=O)OCC)N(CC=C)C(=O)C(CS)NC(=O)OC(C)(C)C)cc1. The summed E-state index contributed by atoms with van der Waals surface area (Å²) in [5, 5.41) is 5.20. The number of rotatable bonds is 12. The number of thiol groups is 1. The van der Waals surface area contributed by atoms with Crippen molar-refractivity contribution in [3.05, 3.63) is 48.0 Å². The van der Waals surface area contributed by atoms with Crippen molar-refractivity contribution in [1.82, 2.24) is 15.5 Å². The zero-order valence-electron chi connectivity index (χ0n) is 21.2. The van der Waals surface area contributed by atoms with Crippen molar-refractivity contribution in [1.29, 1.82) is 0 Å². The highest BCUT2D eigenvalue weighted by atomic mass is 32.1. The van der Waals surface area contributed by atoms with Crippen LogP contribution in [0.1, 0.15) is 51.3 Å². The number of alkyl carbamates (subject to hydrolysis) is 1. The van der Waals surface area contributed by atoms with Crippen molar-refractivity contribution in [3.8, 4) is 12.3 Å². The normalized spacial score (nSPS) is 12.3. The minimum atomic E-state index is -1.10. The van der Waals surface area contributed by atoms with Crippen molar-refractivity contribution in [2.45, 2.75) is 51.8 Å². The first-order valence-corrected chi connectivity index (χ1v) is 12.1. The van der Waals surface area contributed by atoms with Crippen molar-refractivity contribution >= 4 is 36.5 Å². The van der Waals surface area contributed by atoms with E-state index in [0.29, 0.717) is 11.1 Å². The maximum atomic E-state index is 13.5. The Bertz CT molecular complexity index is 965. The Morgan fingerprint density at radius 3 is 2.36 bits per heavy atom. The minimum Gasteiger partial charge on any atom is -0.466 e. The number of esters is 1. The molecule has 2 N–H and O–H groups in total. The summed E-state index contributed by atoms with van der Waals surface area (Å²) < 4.78 is 10.1. The molecule has 0 aliphatic heterocycles. The van der Waals surface area contributed by atoms with Gasteiger partial charge in [0.25, 0.3) is 0 Å². The first kappa shape index (κ1) is 30.6. The Balaban J connectivity index is 3.28. The average molecular weight is 518 g/mol. The average Bonchev–Trinajstić information content (AvgIpc) is 2.81. The smallest absolute Gasteiger partial charge is 0.408 e. The quantitative estimate of drug-likeness (QED) is 0.170. The van der Waals surface area contributed by atoms with Crippen LogP contribution in [0, 0.1) is 12.3 Å². The summed E-state index contributed by atoms with van der Waals surface area (Å²) >= 11 is 4.22. The highest BCUT2D eigenvalue weighted by Crippen LogP contribution is 2.23. The van der Waals surface area contributed by atoms with E-state index >= 15 is 0 Å². The Morgan fingerprint density at radius 1 is 1.22 bits per heavy atom. The maximum Gasteiger partial charge on any atom is 0.408 e. The molecule has 1 aromatic rings. The number of carbonyl (C=O) groups excluding carboxylic acids is 4. The number of carbonyl (C=O) groups is 4. The minimum absolute atomic E-state index is 0.00797. The summed E-state index contributed by atoms with van der Waals surface area (Å²) in [5.74, 6) is 0.911. The van der Waals surface area contributed by atoms with Gasteiger partial charge in [-0.25, -0.2) is 4.79 Å². The largest absolute Gasteiger partial charge is 0.466 e. The lowest BCUT2D eigenvalue weighted by Crippen LogP contribution is -2.54. The molecule has 0 aliphatic carbocycles. The van der Waals surface area contributed by atoms with Gasteiger partial charge in [0.05, 0.1) is 13.0 Å². The van der Waals surface area contributed by atoms with Gasteiger partial charge in [-0.1, -0.05) is 24.1 Å². The Morgan fingerprint density at radius 2 is 1.86 bits per heavy atom. The molecule has 0 aromatic heterocycles. The number of nitrogens with one attached hydrogen (secondary N) is 2. The molecule has 196 valence electrons. The third-order valence-electron chi connectivity index (χ3n) is 4.67. The predicted octanol–water partition coefficient (Wildman–Crippen LogP) is 2.62. The maximum absolute atomic E-state index is 13.5. The van der Waals surface area contributed by atoms with E-state index in [1.807, 2.05) is 0 Å². The highest BCUT2D eigenvalue weighted by molar-refractivity contribution is 7.80. The summed E-state index contributed by atoms with van der Waals surface area (Å²) in [4.78, 5) is 52.1. The van der Waals surface area contributed by atoms with E-state index in [-0.39, 0.29) is 31.9 Å². The second-order valence-corrected chi connectivity index (χ2v) is 9.04. The van der Waals surface area contributed by atoms with Crippen LogP contribution in [0.25, 0.3) is 0 Å². The molecule has 0 spiro atoms. The van der Waals surface area contributed by atoms with Crippen LogP contribution < -0.4 is 10.6 Å². The summed E-state index contributed by atoms with van der Waals surface area (Å²) in [5.41, 5.74) is 0.310. The van der Waals surface area contributed by atoms with Crippen LogP contribution >= 0.6 is 12.6 Å². The Kier molecular flexibility index (Phi) is 12.6. The lowest BCUT2D eigenvalue weighted by Gasteiger charge is -2.33. The molecule has 1 aromatic carbocycles. The van der Waals surface area contributed by atoms with E-state index in [9.17, 15) is 19.2 Å². The fourth-order valence-corrected chi connectivity index (χ4v) is 3.40. The molecule has 10 heteroatoms. The highest BCUT2D eigenvalue weighted by Gasteiger charge is 2.35. The van der Waals surface area contributed by atoms with Gasteiger partial charge in [-0.3, -0.25) is 14.4 Å². The van der Waals surface area contributed by atoms with Gasteiger partial charge < -0.3 is 25.0 Å². The van der Waals surface area contributed by atoms with Gasteiger partial charge in [0.1, 0.15) is 17.7 Å². The van der Waals surface area contributed by atoms with Crippen molar-refractivity contribution in [2.75, 3.05) is 25.4 Å². The second-order valence-electron chi connectivity index (χ2n) is 8.68. The van der Waals surface area contributed by atoms with Gasteiger partial charge in [0.15, 0.2) is 0 Å². The van der Waals surface area contributed by atoms with Crippen LogP contribution in [0.3, 0.4) is 0 Å². The summed E-state index contributed by atoms with van der Waals surface area (Å²) in [7, 11) is 0. The number of ether oxygens (including phenoxy) is 2. The standard InChI is InChI=1S/C26H35N3O6S/c1-7-16-29(24(32)20(17-36)28-25(33)35-26(4,5)6)22(19-12-10-18(8-2)11-13-19)23(31)27-15-14-21(30)34-9-3/h2,7,10-13,20,22,36H,1,9,14-17H2,3-6H3,(H,27,31)(H,28,33). The fraction of sp³-hybridized carbons (Fsp3) is 0.462. The molecule has 0 aliphatic rings. The van der Waals surface area contributed by atoms with Crippen molar-refractivity contribution in [3.63, 3.8) is 0 Å². The Labute approximate surface area is 218 Å². The molecular weight excluding hydrogens is 482 g/mol. The monoisotopic (exact) mass is 517 g/mol. The van der Waals surface area contributed by atoms with Crippen LogP contribution in [0.4, 0.5) is 4.79 Å². The molecule has 0 heterocycles. The molecule has 0 bridgehead atoms. The van der Waals surface area contributed by atoms with Crippen LogP contribution in [0.15, 0.2) is 36.9 Å². The number of amides is 3. The lowest BCUT2D eigenvalue weighted by atomic mass is 10.0. The molecule has 2 atom stereocenters. The van der Waals surface area contributed by atoms with Crippen LogP contribution in [0.5, 0.6) is 0 Å². The van der Waals surface area contributed by atoms with Crippen molar-refractivity contribution < 1.29 is 28.7 Å². The fourth-order valence-electron chi connectivity index (χ4n) is 3.15. The molecule has 36 heavy (non-hydrogen) atoms. The van der Waals surface area contributed by atoms with Crippen molar-refractivity contribution in [2.24, 2.45) is 0 Å². The summed E-state index contributed by atoms with van der Waals surface area (Å²) in [6, 6.07) is 4.41. The summed E-state index contributed by atoms with van der Waals surface area (Å²) in [6.07, 6.45) is 6.09. The zero-order valence-corrected chi connectivity index (χ0v) is 22.1. The van der Waals surface area contributed by atoms with E-state index in [4.69, 9.17) is 15.9 Å². The zero-order chi connectivity index (χ0) is 27.3. The van der Waals surface area contributed by atoms with E-state index in [2.05, 4.69) is 35.8 Å². The first-order valence-electron chi connectivity index (χ1n) is 11.5. The molecule has 0 saturated carbocycles.